The Bertz CT molecular complexity index is 690. The first-order chi connectivity index (χ1) is 10.1. The number of carbonyl (C=O) groups excluding carboxylic acids is 1. The van der Waals surface area contributed by atoms with Crippen LogP contribution in [0.25, 0.3) is 10.9 Å². The number of fused-ring (bicyclic) bond motifs is 1. The van der Waals surface area contributed by atoms with E-state index in [0.29, 0.717) is 12.6 Å². The summed E-state index contributed by atoms with van der Waals surface area (Å²) in [6, 6.07) is 6.28. The van der Waals surface area contributed by atoms with Gasteiger partial charge in [0.05, 0.1) is 11.4 Å². The number of aromatic nitrogens is 2. The second kappa shape index (κ2) is 5.60. The molecule has 0 radical (unpaired) electrons. The number of benzene rings is 1. The van der Waals surface area contributed by atoms with Gasteiger partial charge in [-0.2, -0.15) is 0 Å². The first-order valence-corrected chi connectivity index (χ1v) is 7.82. The minimum atomic E-state index is -0.230. The Kier molecular flexibility index (Phi) is 3.80. The predicted molar refractivity (Wildman–Crippen MR) is 86.0 cm³/mol. The van der Waals surface area contributed by atoms with Gasteiger partial charge in [-0.25, -0.2) is 9.97 Å². The Labute approximate surface area is 131 Å². The summed E-state index contributed by atoms with van der Waals surface area (Å²) in [4.78, 5) is 22.5. The normalized spacial score (nSPS) is 22.5. The molecule has 1 aliphatic heterocycles. The van der Waals surface area contributed by atoms with Crippen molar-refractivity contribution >= 4 is 38.6 Å². The highest BCUT2D eigenvalue weighted by molar-refractivity contribution is 9.10. The van der Waals surface area contributed by atoms with Crippen molar-refractivity contribution in [3.05, 3.63) is 29.0 Å². The minimum Gasteiger partial charge on any atom is -0.369 e. The van der Waals surface area contributed by atoms with Gasteiger partial charge in [-0.1, -0.05) is 6.07 Å². The number of anilines is 1. The number of nitrogens with zero attached hydrogens (tertiary/aromatic N) is 3. The summed E-state index contributed by atoms with van der Waals surface area (Å²) in [7, 11) is 0. The second-order valence-corrected chi connectivity index (χ2v) is 6.37. The van der Waals surface area contributed by atoms with E-state index in [1.54, 1.807) is 6.33 Å². The van der Waals surface area contributed by atoms with E-state index in [4.69, 9.17) is 5.73 Å². The molecule has 1 saturated heterocycles. The topological polar surface area (TPSA) is 72.1 Å². The molecular formula is C15H17BrN4O. The lowest BCUT2D eigenvalue weighted by atomic mass is 9.92. The maximum atomic E-state index is 11.5. The predicted octanol–water partition coefficient (Wildman–Crippen LogP) is 2.48. The van der Waals surface area contributed by atoms with Gasteiger partial charge in [-0.3, -0.25) is 4.79 Å². The van der Waals surface area contributed by atoms with Crippen LogP contribution in [0.5, 0.6) is 0 Å². The molecule has 110 valence electrons. The largest absolute Gasteiger partial charge is 0.369 e. The number of hydrogen-bond donors (Lipinski definition) is 1. The molecule has 0 saturated carbocycles. The van der Waals surface area contributed by atoms with Gasteiger partial charge in [0.25, 0.3) is 0 Å². The smallest absolute Gasteiger partial charge is 0.222 e. The van der Waals surface area contributed by atoms with Gasteiger partial charge in [-0.15, -0.1) is 0 Å². The highest BCUT2D eigenvalue weighted by atomic mass is 79.9. The first kappa shape index (κ1) is 14.3. The maximum absolute atomic E-state index is 11.5. The van der Waals surface area contributed by atoms with Crippen LogP contribution in [-0.4, -0.2) is 28.5 Å². The number of halogens is 1. The Morgan fingerprint density at radius 1 is 1.38 bits per heavy atom. The summed E-state index contributed by atoms with van der Waals surface area (Å²) in [5.41, 5.74) is 6.37. The molecule has 0 aliphatic carbocycles. The van der Waals surface area contributed by atoms with Gasteiger partial charge < -0.3 is 10.6 Å². The zero-order chi connectivity index (χ0) is 15.0. The standard InChI is InChI=1S/C15H17BrN4O/c1-9-5-6-10(14(17)21)7-20(9)15-11-3-2-4-12(16)13(11)18-8-19-15/h2-4,8-10H,5-7H2,1H3,(H2,17,21)/t9-,10+/m0/s1. The molecule has 1 aromatic heterocycles. The highest BCUT2D eigenvalue weighted by Gasteiger charge is 2.30. The molecule has 2 atom stereocenters. The van der Waals surface area contributed by atoms with E-state index in [1.807, 2.05) is 18.2 Å². The third kappa shape index (κ3) is 2.60. The molecule has 1 aliphatic rings. The van der Waals surface area contributed by atoms with Crippen molar-refractivity contribution < 1.29 is 4.79 Å². The maximum Gasteiger partial charge on any atom is 0.222 e. The van der Waals surface area contributed by atoms with Crippen LogP contribution >= 0.6 is 15.9 Å². The van der Waals surface area contributed by atoms with Gasteiger partial charge in [-0.05, 0) is 47.8 Å². The van der Waals surface area contributed by atoms with Crippen molar-refractivity contribution in [2.45, 2.75) is 25.8 Å². The fraction of sp³-hybridized carbons (Fsp3) is 0.400. The molecule has 1 aromatic carbocycles. The van der Waals surface area contributed by atoms with Crippen LogP contribution in [0.4, 0.5) is 5.82 Å². The molecule has 0 spiro atoms. The van der Waals surface area contributed by atoms with E-state index >= 15 is 0 Å². The summed E-state index contributed by atoms with van der Waals surface area (Å²) in [5, 5.41) is 0.990. The highest BCUT2D eigenvalue weighted by Crippen LogP contribution is 2.32. The average molecular weight is 349 g/mol. The van der Waals surface area contributed by atoms with Crippen molar-refractivity contribution in [1.29, 1.82) is 0 Å². The number of amides is 1. The quantitative estimate of drug-likeness (QED) is 0.904. The Morgan fingerprint density at radius 3 is 2.95 bits per heavy atom. The Morgan fingerprint density at radius 2 is 2.19 bits per heavy atom. The van der Waals surface area contributed by atoms with Gasteiger partial charge in [0, 0.05) is 22.4 Å². The van der Waals surface area contributed by atoms with Crippen LogP contribution < -0.4 is 10.6 Å². The van der Waals surface area contributed by atoms with Crippen molar-refractivity contribution in [2.75, 3.05) is 11.4 Å². The lowest BCUT2D eigenvalue weighted by molar-refractivity contribution is -0.122. The Balaban J connectivity index is 2.06. The lowest BCUT2D eigenvalue weighted by Gasteiger charge is -2.38. The number of carbonyl (C=O) groups is 1. The summed E-state index contributed by atoms with van der Waals surface area (Å²) in [6.07, 6.45) is 3.36. The van der Waals surface area contributed by atoms with E-state index in [2.05, 4.69) is 37.7 Å². The van der Waals surface area contributed by atoms with Crippen LogP contribution in [0, 0.1) is 5.92 Å². The van der Waals surface area contributed by atoms with Gasteiger partial charge in [0.2, 0.25) is 5.91 Å². The zero-order valence-corrected chi connectivity index (χ0v) is 13.4. The van der Waals surface area contributed by atoms with Crippen LogP contribution in [0.1, 0.15) is 19.8 Å². The molecule has 1 amide bonds. The number of piperidine rings is 1. The number of primary amides is 1. The number of rotatable bonds is 2. The fourth-order valence-corrected chi connectivity index (χ4v) is 3.37. The molecule has 5 nitrogen and oxygen atoms in total. The van der Waals surface area contributed by atoms with E-state index in [9.17, 15) is 4.79 Å². The summed E-state index contributed by atoms with van der Waals surface area (Å²) < 4.78 is 0.944. The van der Waals surface area contributed by atoms with E-state index in [-0.39, 0.29) is 11.8 Å². The van der Waals surface area contributed by atoms with E-state index < -0.39 is 0 Å². The average Bonchev–Trinajstić information content (AvgIpc) is 2.47. The molecule has 1 fully saturated rings. The van der Waals surface area contributed by atoms with Gasteiger partial charge in [0.1, 0.15) is 12.1 Å². The molecule has 2 heterocycles. The number of hydrogen-bond acceptors (Lipinski definition) is 4. The van der Waals surface area contributed by atoms with Gasteiger partial charge >= 0.3 is 0 Å². The van der Waals surface area contributed by atoms with Crippen molar-refractivity contribution in [3.8, 4) is 0 Å². The summed E-state index contributed by atoms with van der Waals surface area (Å²) in [6.45, 7) is 2.78. The first-order valence-electron chi connectivity index (χ1n) is 7.03. The minimum absolute atomic E-state index is 0.113. The molecule has 6 heteroatoms. The van der Waals surface area contributed by atoms with Crippen LogP contribution in [0.2, 0.25) is 0 Å². The molecule has 3 rings (SSSR count). The number of nitrogens with two attached hydrogens (primary N) is 1. The molecule has 2 N–H and O–H groups in total. The molecule has 0 unspecified atom stereocenters. The summed E-state index contributed by atoms with van der Waals surface area (Å²) >= 11 is 3.52. The molecule has 0 bridgehead atoms. The monoisotopic (exact) mass is 348 g/mol. The van der Waals surface area contributed by atoms with Crippen molar-refractivity contribution in [3.63, 3.8) is 0 Å². The van der Waals surface area contributed by atoms with Crippen molar-refractivity contribution in [1.82, 2.24) is 9.97 Å². The lowest BCUT2D eigenvalue weighted by Crippen LogP contribution is -2.46. The second-order valence-electron chi connectivity index (χ2n) is 5.51. The van der Waals surface area contributed by atoms with Gasteiger partial charge in [0.15, 0.2) is 0 Å². The number of para-hydroxylation sites is 1. The summed E-state index contributed by atoms with van der Waals surface area (Å²) in [5.74, 6) is 0.532. The SMILES string of the molecule is C[C@H]1CC[C@@H](C(N)=O)CN1c1ncnc2c(Br)cccc12. The Hall–Kier alpha value is -1.69. The van der Waals surface area contributed by atoms with Crippen LogP contribution in [-0.2, 0) is 4.79 Å². The van der Waals surface area contributed by atoms with Crippen LogP contribution in [0.15, 0.2) is 29.0 Å². The van der Waals surface area contributed by atoms with Crippen LogP contribution in [0.3, 0.4) is 0 Å². The molecule has 21 heavy (non-hydrogen) atoms. The third-order valence-electron chi connectivity index (χ3n) is 4.15. The fourth-order valence-electron chi connectivity index (χ4n) is 2.90. The van der Waals surface area contributed by atoms with E-state index in [0.717, 1.165) is 34.0 Å². The molecule has 2 aromatic rings. The third-order valence-corrected chi connectivity index (χ3v) is 4.79. The zero-order valence-electron chi connectivity index (χ0n) is 11.8. The molecular weight excluding hydrogens is 332 g/mol. The van der Waals surface area contributed by atoms with E-state index in [1.165, 1.54) is 0 Å². The van der Waals surface area contributed by atoms with Crippen molar-refractivity contribution in [2.24, 2.45) is 11.7 Å².